The smallest absolute Gasteiger partial charge is 0.222 e. The van der Waals surface area contributed by atoms with Gasteiger partial charge in [0.2, 0.25) is 5.91 Å². The third-order valence-corrected chi connectivity index (χ3v) is 4.67. The molecule has 0 bridgehead atoms. The fraction of sp³-hybridized carbons (Fsp3) is 0.111. The van der Waals surface area contributed by atoms with Gasteiger partial charge in [-0.15, -0.1) is 11.3 Å². The number of carbonyl (C=O) groups is 1. The molecule has 6 nitrogen and oxygen atoms in total. The van der Waals surface area contributed by atoms with Gasteiger partial charge in [0.15, 0.2) is 0 Å². The summed E-state index contributed by atoms with van der Waals surface area (Å²) in [5.41, 5.74) is 4.62. The van der Waals surface area contributed by atoms with E-state index < -0.39 is 0 Å². The van der Waals surface area contributed by atoms with Gasteiger partial charge in [0, 0.05) is 36.0 Å². The number of carbonyl (C=O) groups excluding carboxylic acids is 1. The van der Waals surface area contributed by atoms with Crippen molar-refractivity contribution in [2.75, 3.05) is 5.32 Å². The number of H-pyrrole nitrogens is 1. The number of hydrogen-bond acceptors (Lipinski definition) is 5. The first kappa shape index (κ1) is 15.5. The molecule has 1 amide bonds. The van der Waals surface area contributed by atoms with Crippen LogP contribution in [0.2, 0.25) is 0 Å². The maximum atomic E-state index is 11.3. The van der Waals surface area contributed by atoms with Crippen LogP contribution in [0.3, 0.4) is 0 Å². The summed E-state index contributed by atoms with van der Waals surface area (Å²) >= 11 is 1.63. The predicted octanol–water partition coefficient (Wildman–Crippen LogP) is 4.02. The van der Waals surface area contributed by atoms with Gasteiger partial charge in [-0.3, -0.25) is 9.78 Å². The van der Waals surface area contributed by atoms with E-state index in [4.69, 9.17) is 0 Å². The number of amides is 1. The normalized spacial score (nSPS) is 11.0. The topological polar surface area (TPSA) is 83.6 Å². The first-order chi connectivity index (χ1) is 12.1. The molecule has 7 heteroatoms. The van der Waals surface area contributed by atoms with E-state index >= 15 is 0 Å². The minimum atomic E-state index is -0.154. The highest BCUT2D eigenvalue weighted by molar-refractivity contribution is 7.15. The average Bonchev–Trinajstić information content (AvgIpc) is 3.17. The van der Waals surface area contributed by atoms with Crippen LogP contribution in [0, 0.1) is 6.92 Å². The molecule has 0 fully saturated rings. The van der Waals surface area contributed by atoms with Crippen molar-refractivity contribution in [3.63, 3.8) is 0 Å². The summed E-state index contributed by atoms with van der Waals surface area (Å²) in [5.74, 6) is 0.358. The van der Waals surface area contributed by atoms with E-state index in [2.05, 4.69) is 25.3 Å². The zero-order valence-corrected chi connectivity index (χ0v) is 14.5. The molecule has 0 aliphatic carbocycles. The molecule has 0 spiro atoms. The minimum absolute atomic E-state index is 0.154. The van der Waals surface area contributed by atoms with Gasteiger partial charge in [0.1, 0.15) is 10.8 Å². The van der Waals surface area contributed by atoms with Crippen LogP contribution in [0.4, 0.5) is 5.82 Å². The van der Waals surface area contributed by atoms with E-state index in [1.165, 1.54) is 6.92 Å². The summed E-state index contributed by atoms with van der Waals surface area (Å²) < 4.78 is 0. The predicted molar refractivity (Wildman–Crippen MR) is 99.5 cm³/mol. The maximum absolute atomic E-state index is 11.3. The van der Waals surface area contributed by atoms with Crippen LogP contribution in [-0.2, 0) is 4.79 Å². The molecular weight excluding hydrogens is 334 g/mol. The molecule has 4 rings (SSSR count). The highest BCUT2D eigenvalue weighted by Gasteiger charge is 2.19. The summed E-state index contributed by atoms with van der Waals surface area (Å²) in [5, 5.41) is 3.63. The number of aromatic amines is 1. The Kier molecular flexibility index (Phi) is 3.77. The monoisotopic (exact) mass is 349 g/mol. The van der Waals surface area contributed by atoms with E-state index in [-0.39, 0.29) is 5.91 Å². The van der Waals surface area contributed by atoms with Crippen molar-refractivity contribution in [2.45, 2.75) is 13.8 Å². The molecule has 0 saturated carbocycles. The van der Waals surface area contributed by atoms with Crippen LogP contribution >= 0.6 is 11.3 Å². The number of hydrogen-bond donors (Lipinski definition) is 2. The highest BCUT2D eigenvalue weighted by atomic mass is 32.1. The second-order valence-electron chi connectivity index (χ2n) is 5.66. The summed E-state index contributed by atoms with van der Waals surface area (Å²) in [6.07, 6.45) is 5.32. The van der Waals surface area contributed by atoms with Crippen LogP contribution in [-0.4, -0.2) is 25.8 Å². The number of nitrogens with one attached hydrogen (secondary N) is 2. The lowest BCUT2D eigenvalue weighted by Crippen LogP contribution is -2.07. The largest absolute Gasteiger partial charge is 0.353 e. The van der Waals surface area contributed by atoms with Crippen LogP contribution in [0.1, 0.15) is 11.8 Å². The van der Waals surface area contributed by atoms with Gasteiger partial charge in [-0.05, 0) is 31.2 Å². The van der Waals surface area contributed by atoms with Gasteiger partial charge >= 0.3 is 0 Å². The second-order valence-corrected chi connectivity index (χ2v) is 6.90. The number of nitrogens with zero attached hydrogens (tertiary/aromatic N) is 3. The first-order valence-corrected chi connectivity index (χ1v) is 8.57. The van der Waals surface area contributed by atoms with Crippen molar-refractivity contribution in [1.82, 2.24) is 19.9 Å². The Hall–Kier alpha value is -3.06. The number of fused-ring (bicyclic) bond motifs is 1. The Morgan fingerprint density at radius 3 is 2.84 bits per heavy atom. The molecule has 0 aliphatic rings. The van der Waals surface area contributed by atoms with Gasteiger partial charge in [-0.25, -0.2) is 9.97 Å². The third-order valence-electron chi connectivity index (χ3n) is 3.74. The standard InChI is InChI=1S/C18H15N5OS/c1-10-9-21-18(25-10)15-16(23-13-4-3-6-20-17(13)15)12-5-7-19-14(8-12)22-11(2)24/h3-9,23H,1-2H3,(H,19,22,24). The lowest BCUT2D eigenvalue weighted by molar-refractivity contribution is -0.114. The minimum Gasteiger partial charge on any atom is -0.353 e. The Balaban J connectivity index is 1.94. The molecule has 124 valence electrons. The SMILES string of the molecule is CC(=O)Nc1cc(-c2[nH]c3cccnc3c2-c2ncc(C)s2)ccn1. The lowest BCUT2D eigenvalue weighted by Gasteiger charge is -2.05. The lowest BCUT2D eigenvalue weighted by atomic mass is 10.1. The molecule has 25 heavy (non-hydrogen) atoms. The highest BCUT2D eigenvalue weighted by Crippen LogP contribution is 2.39. The molecule has 4 heterocycles. The van der Waals surface area contributed by atoms with E-state index in [0.29, 0.717) is 5.82 Å². The Morgan fingerprint density at radius 1 is 1.20 bits per heavy atom. The molecule has 4 aromatic rings. The first-order valence-electron chi connectivity index (χ1n) is 7.75. The van der Waals surface area contributed by atoms with Gasteiger partial charge in [0.05, 0.1) is 22.3 Å². The number of rotatable bonds is 3. The molecule has 0 saturated heterocycles. The maximum Gasteiger partial charge on any atom is 0.222 e. The van der Waals surface area contributed by atoms with E-state index in [1.54, 1.807) is 23.7 Å². The van der Waals surface area contributed by atoms with Crippen molar-refractivity contribution in [1.29, 1.82) is 0 Å². The van der Waals surface area contributed by atoms with Gasteiger partial charge in [-0.2, -0.15) is 0 Å². The zero-order valence-electron chi connectivity index (χ0n) is 13.7. The van der Waals surface area contributed by atoms with Crippen LogP contribution in [0.5, 0.6) is 0 Å². The van der Waals surface area contributed by atoms with Crippen LogP contribution in [0.25, 0.3) is 32.9 Å². The number of thiazole rings is 1. The third kappa shape index (κ3) is 2.89. The van der Waals surface area contributed by atoms with Crippen LogP contribution < -0.4 is 5.32 Å². The van der Waals surface area contributed by atoms with Crippen molar-refractivity contribution in [3.05, 3.63) is 47.7 Å². The van der Waals surface area contributed by atoms with Crippen LogP contribution in [0.15, 0.2) is 42.9 Å². The number of aromatic nitrogens is 4. The average molecular weight is 349 g/mol. The number of anilines is 1. The molecule has 0 atom stereocenters. The summed E-state index contributed by atoms with van der Waals surface area (Å²) in [6, 6.07) is 7.64. The molecule has 4 aromatic heterocycles. The Labute approximate surface area is 148 Å². The summed E-state index contributed by atoms with van der Waals surface area (Å²) in [7, 11) is 0. The fourth-order valence-electron chi connectivity index (χ4n) is 2.75. The van der Waals surface area contributed by atoms with Crippen molar-refractivity contribution in [3.8, 4) is 21.8 Å². The van der Waals surface area contributed by atoms with Crippen molar-refractivity contribution in [2.24, 2.45) is 0 Å². The van der Waals surface area contributed by atoms with Gasteiger partial charge in [-0.1, -0.05) is 0 Å². The van der Waals surface area contributed by atoms with Gasteiger partial charge in [0.25, 0.3) is 0 Å². The van der Waals surface area contributed by atoms with E-state index in [1.807, 2.05) is 37.4 Å². The molecular formula is C18H15N5OS. The second kappa shape index (κ2) is 6.10. The summed E-state index contributed by atoms with van der Waals surface area (Å²) in [6.45, 7) is 3.50. The molecule has 0 aromatic carbocycles. The zero-order chi connectivity index (χ0) is 17.4. The van der Waals surface area contributed by atoms with Crippen molar-refractivity contribution < 1.29 is 4.79 Å². The molecule has 0 unspecified atom stereocenters. The fourth-order valence-corrected chi connectivity index (χ4v) is 3.57. The molecule has 2 N–H and O–H groups in total. The van der Waals surface area contributed by atoms with E-state index in [9.17, 15) is 4.79 Å². The summed E-state index contributed by atoms with van der Waals surface area (Å²) in [4.78, 5) is 29.2. The number of aryl methyl sites for hydroxylation is 1. The van der Waals surface area contributed by atoms with Gasteiger partial charge < -0.3 is 10.3 Å². The molecule has 0 radical (unpaired) electrons. The molecule has 0 aliphatic heterocycles. The quantitative estimate of drug-likeness (QED) is 0.585. The van der Waals surface area contributed by atoms with E-state index in [0.717, 1.165) is 37.7 Å². The Morgan fingerprint density at radius 2 is 2.08 bits per heavy atom. The number of pyridine rings is 2. The Bertz CT molecular complexity index is 1080. The van der Waals surface area contributed by atoms with Crippen molar-refractivity contribution >= 4 is 34.1 Å².